The molecular formula is C10H13N3O2. The van der Waals surface area contributed by atoms with Crippen LogP contribution in [0.1, 0.15) is 0 Å². The Morgan fingerprint density at radius 1 is 1.47 bits per heavy atom. The summed E-state index contributed by atoms with van der Waals surface area (Å²) in [6.07, 6.45) is 1.03. The van der Waals surface area contributed by atoms with Crippen molar-refractivity contribution in [2.75, 3.05) is 12.3 Å². The van der Waals surface area contributed by atoms with Gasteiger partial charge in [0.05, 0.1) is 24.8 Å². The van der Waals surface area contributed by atoms with Crippen molar-refractivity contribution in [3.05, 3.63) is 24.4 Å². The molecule has 0 saturated heterocycles. The van der Waals surface area contributed by atoms with Crippen LogP contribution in [0.2, 0.25) is 0 Å². The van der Waals surface area contributed by atoms with E-state index in [-0.39, 0.29) is 13.2 Å². The lowest BCUT2D eigenvalue weighted by Crippen LogP contribution is -2.19. The van der Waals surface area contributed by atoms with Gasteiger partial charge in [-0.1, -0.05) is 0 Å². The molecule has 0 saturated carbocycles. The highest BCUT2D eigenvalue weighted by Crippen LogP contribution is 2.15. The van der Waals surface area contributed by atoms with E-state index < -0.39 is 6.10 Å². The molecule has 5 nitrogen and oxygen atoms in total. The number of aliphatic hydroxyl groups excluding tert-OH is 2. The van der Waals surface area contributed by atoms with E-state index in [1.165, 1.54) is 0 Å². The van der Waals surface area contributed by atoms with E-state index >= 15 is 0 Å². The number of nitrogens with two attached hydrogens (primary N) is 1. The number of nitrogens with zero attached hydrogens (tertiary/aromatic N) is 2. The summed E-state index contributed by atoms with van der Waals surface area (Å²) in [5.74, 6) is 0. The van der Waals surface area contributed by atoms with Gasteiger partial charge in [-0.15, -0.1) is 0 Å². The quantitative estimate of drug-likeness (QED) is 0.617. The Kier molecular flexibility index (Phi) is 2.57. The van der Waals surface area contributed by atoms with Gasteiger partial charge >= 0.3 is 0 Å². The number of hydrogen-bond acceptors (Lipinski definition) is 4. The first-order valence-corrected chi connectivity index (χ1v) is 4.70. The van der Waals surface area contributed by atoms with Gasteiger partial charge in [-0.3, -0.25) is 4.68 Å². The zero-order valence-electron chi connectivity index (χ0n) is 8.17. The summed E-state index contributed by atoms with van der Waals surface area (Å²) >= 11 is 0. The molecule has 1 unspecified atom stereocenters. The van der Waals surface area contributed by atoms with Gasteiger partial charge in [0.25, 0.3) is 0 Å². The third kappa shape index (κ3) is 2.08. The predicted octanol–water partition coefficient (Wildman–Crippen LogP) is -0.0283. The second-order valence-electron chi connectivity index (χ2n) is 3.51. The van der Waals surface area contributed by atoms with Crippen LogP contribution in [-0.4, -0.2) is 32.7 Å². The van der Waals surface area contributed by atoms with Crippen LogP contribution >= 0.6 is 0 Å². The van der Waals surface area contributed by atoms with Gasteiger partial charge in [-0.2, -0.15) is 5.10 Å². The van der Waals surface area contributed by atoms with Crippen molar-refractivity contribution in [3.8, 4) is 0 Å². The van der Waals surface area contributed by atoms with E-state index in [1.54, 1.807) is 16.8 Å². The molecular weight excluding hydrogens is 194 g/mol. The third-order valence-corrected chi connectivity index (χ3v) is 2.19. The van der Waals surface area contributed by atoms with Crippen LogP contribution in [-0.2, 0) is 6.54 Å². The van der Waals surface area contributed by atoms with Crippen molar-refractivity contribution in [2.24, 2.45) is 0 Å². The summed E-state index contributed by atoms with van der Waals surface area (Å²) < 4.78 is 1.60. The van der Waals surface area contributed by atoms with Crippen LogP contribution in [0, 0.1) is 0 Å². The Labute approximate surface area is 86.7 Å². The van der Waals surface area contributed by atoms with E-state index in [4.69, 9.17) is 10.8 Å². The predicted molar refractivity (Wildman–Crippen MR) is 57.2 cm³/mol. The van der Waals surface area contributed by atoms with Crippen LogP contribution in [0.25, 0.3) is 10.9 Å². The maximum Gasteiger partial charge on any atom is 0.0966 e. The van der Waals surface area contributed by atoms with Gasteiger partial charge in [0.2, 0.25) is 0 Å². The standard InChI is InChI=1S/C10H13N3O2/c11-8-2-1-7-4-13(5-9(15)6-14)12-10(7)3-8/h1-4,9,14-15H,5-6,11H2. The molecule has 15 heavy (non-hydrogen) atoms. The zero-order valence-corrected chi connectivity index (χ0v) is 8.17. The molecule has 0 fully saturated rings. The molecule has 5 heteroatoms. The molecule has 2 rings (SSSR count). The van der Waals surface area contributed by atoms with Crippen molar-refractivity contribution in [1.29, 1.82) is 0 Å². The second kappa shape index (κ2) is 3.88. The van der Waals surface area contributed by atoms with Crippen LogP contribution in [0.5, 0.6) is 0 Å². The summed E-state index contributed by atoms with van der Waals surface area (Å²) in [6.45, 7) is 0.0173. The Hall–Kier alpha value is -1.59. The normalized spacial score (nSPS) is 13.2. The van der Waals surface area contributed by atoms with Crippen LogP contribution < -0.4 is 5.73 Å². The zero-order chi connectivity index (χ0) is 10.8. The number of nitrogen functional groups attached to an aromatic ring is 1. The van der Waals surface area contributed by atoms with E-state index in [9.17, 15) is 5.11 Å². The molecule has 0 amide bonds. The number of rotatable bonds is 3. The SMILES string of the molecule is Nc1ccc2cn(CC(O)CO)nc2c1. The largest absolute Gasteiger partial charge is 0.399 e. The van der Waals surface area contributed by atoms with Crippen molar-refractivity contribution >= 4 is 16.6 Å². The molecule has 1 aromatic carbocycles. The lowest BCUT2D eigenvalue weighted by Gasteiger charge is -2.05. The topological polar surface area (TPSA) is 84.3 Å². The molecule has 0 aliphatic carbocycles. The van der Waals surface area contributed by atoms with Crippen LogP contribution in [0.3, 0.4) is 0 Å². The second-order valence-corrected chi connectivity index (χ2v) is 3.51. The molecule has 0 radical (unpaired) electrons. The average molecular weight is 207 g/mol. The lowest BCUT2D eigenvalue weighted by atomic mass is 10.2. The van der Waals surface area contributed by atoms with Gasteiger partial charge in [0.1, 0.15) is 0 Å². The number of benzene rings is 1. The molecule has 1 atom stereocenters. The minimum atomic E-state index is -0.781. The van der Waals surface area contributed by atoms with E-state index in [2.05, 4.69) is 5.10 Å². The maximum atomic E-state index is 9.26. The Morgan fingerprint density at radius 2 is 2.27 bits per heavy atom. The molecule has 1 aromatic heterocycles. The molecule has 0 aliphatic heterocycles. The first-order valence-electron chi connectivity index (χ1n) is 4.70. The number of anilines is 1. The smallest absolute Gasteiger partial charge is 0.0966 e. The summed E-state index contributed by atoms with van der Waals surface area (Å²) in [5, 5.41) is 23.2. The fourth-order valence-corrected chi connectivity index (χ4v) is 1.45. The minimum absolute atomic E-state index is 0.266. The van der Waals surface area contributed by atoms with Crippen molar-refractivity contribution < 1.29 is 10.2 Å². The molecule has 2 aromatic rings. The van der Waals surface area contributed by atoms with Crippen molar-refractivity contribution in [2.45, 2.75) is 12.6 Å². The fourth-order valence-electron chi connectivity index (χ4n) is 1.45. The highest BCUT2D eigenvalue weighted by Gasteiger charge is 2.05. The molecule has 0 spiro atoms. The van der Waals surface area contributed by atoms with E-state index in [0.717, 1.165) is 10.9 Å². The van der Waals surface area contributed by atoms with Gasteiger partial charge in [0.15, 0.2) is 0 Å². The number of fused-ring (bicyclic) bond motifs is 1. The summed E-state index contributed by atoms with van der Waals surface area (Å²) in [7, 11) is 0. The highest BCUT2D eigenvalue weighted by atomic mass is 16.3. The van der Waals surface area contributed by atoms with Crippen LogP contribution in [0.4, 0.5) is 5.69 Å². The van der Waals surface area contributed by atoms with Gasteiger partial charge in [-0.25, -0.2) is 0 Å². The number of aliphatic hydroxyl groups is 2. The highest BCUT2D eigenvalue weighted by molar-refractivity contribution is 5.81. The van der Waals surface area contributed by atoms with Crippen molar-refractivity contribution in [1.82, 2.24) is 9.78 Å². The summed E-state index contributed by atoms with van der Waals surface area (Å²) in [4.78, 5) is 0. The van der Waals surface area contributed by atoms with Gasteiger partial charge in [0, 0.05) is 17.3 Å². The third-order valence-electron chi connectivity index (χ3n) is 2.19. The first kappa shape index (κ1) is 9.95. The number of aromatic nitrogens is 2. The molecule has 80 valence electrons. The van der Waals surface area contributed by atoms with Gasteiger partial charge in [-0.05, 0) is 18.2 Å². The molecule has 1 heterocycles. The average Bonchev–Trinajstić information content (AvgIpc) is 2.59. The Balaban J connectivity index is 2.30. The fraction of sp³-hybridized carbons (Fsp3) is 0.300. The molecule has 0 aliphatic rings. The van der Waals surface area contributed by atoms with Crippen LogP contribution in [0.15, 0.2) is 24.4 Å². The molecule has 0 bridgehead atoms. The van der Waals surface area contributed by atoms with Gasteiger partial charge < -0.3 is 15.9 Å². The van der Waals surface area contributed by atoms with E-state index in [1.807, 2.05) is 12.3 Å². The molecule has 4 N–H and O–H groups in total. The van der Waals surface area contributed by atoms with E-state index in [0.29, 0.717) is 5.69 Å². The maximum absolute atomic E-state index is 9.26. The first-order chi connectivity index (χ1) is 7.19. The number of hydrogen-bond donors (Lipinski definition) is 3. The minimum Gasteiger partial charge on any atom is -0.399 e. The Bertz CT molecular complexity index is 467. The summed E-state index contributed by atoms with van der Waals surface area (Å²) in [6, 6.07) is 5.45. The monoisotopic (exact) mass is 207 g/mol. The summed E-state index contributed by atoms with van der Waals surface area (Å²) in [5.41, 5.74) is 7.08. The Morgan fingerprint density at radius 3 is 3.00 bits per heavy atom. The lowest BCUT2D eigenvalue weighted by molar-refractivity contribution is 0.0784. The van der Waals surface area contributed by atoms with Crippen molar-refractivity contribution in [3.63, 3.8) is 0 Å².